The fourth-order valence-corrected chi connectivity index (χ4v) is 8.13. The summed E-state index contributed by atoms with van der Waals surface area (Å²) in [6.45, 7) is 11.6. The van der Waals surface area contributed by atoms with Crippen molar-refractivity contribution in [2.45, 2.75) is 72.6 Å². The van der Waals surface area contributed by atoms with Gasteiger partial charge in [0, 0.05) is 0 Å². The Balaban J connectivity index is 5.91. The standard InChI is InChI=1S/C17H36O6P2/c1-7-12-13-14-15-16(6)17(24(18,20-8-2)21-9-3)25(19,22-10-4)23-11-5/h15,17H,7-14H2,1-6H3/b16-15+. The van der Waals surface area contributed by atoms with Crippen LogP contribution in [0.1, 0.15) is 67.2 Å². The van der Waals surface area contributed by atoms with Gasteiger partial charge in [-0.15, -0.1) is 0 Å². The molecule has 0 aliphatic rings. The van der Waals surface area contributed by atoms with Crippen LogP contribution in [0, 0.1) is 0 Å². The van der Waals surface area contributed by atoms with E-state index in [1.54, 1.807) is 34.6 Å². The molecule has 0 N–H and O–H groups in total. The van der Waals surface area contributed by atoms with Crippen molar-refractivity contribution in [2.75, 3.05) is 26.4 Å². The smallest absolute Gasteiger partial charge is 0.308 e. The molecule has 0 aromatic rings. The lowest BCUT2D eigenvalue weighted by Gasteiger charge is -2.32. The van der Waals surface area contributed by atoms with E-state index >= 15 is 0 Å². The van der Waals surface area contributed by atoms with Gasteiger partial charge in [-0.2, -0.15) is 0 Å². The summed E-state index contributed by atoms with van der Waals surface area (Å²) >= 11 is 0. The van der Waals surface area contributed by atoms with E-state index in [-0.39, 0.29) is 26.4 Å². The molecule has 0 saturated heterocycles. The second-order valence-corrected chi connectivity index (χ2v) is 10.2. The highest BCUT2D eigenvalue weighted by atomic mass is 31.2. The minimum atomic E-state index is -3.70. The van der Waals surface area contributed by atoms with Crippen LogP contribution in [0.15, 0.2) is 11.6 Å². The van der Waals surface area contributed by atoms with E-state index in [9.17, 15) is 9.13 Å². The highest BCUT2D eigenvalue weighted by molar-refractivity contribution is 7.73. The largest absolute Gasteiger partial charge is 0.349 e. The topological polar surface area (TPSA) is 71.1 Å². The maximum absolute atomic E-state index is 13.4. The van der Waals surface area contributed by atoms with Crippen molar-refractivity contribution in [1.29, 1.82) is 0 Å². The molecule has 0 unspecified atom stereocenters. The zero-order chi connectivity index (χ0) is 19.3. The zero-order valence-corrected chi connectivity index (χ0v) is 18.4. The van der Waals surface area contributed by atoms with E-state index in [1.807, 2.05) is 6.08 Å². The average Bonchev–Trinajstić information content (AvgIpc) is 2.52. The quantitative estimate of drug-likeness (QED) is 0.181. The third-order valence-electron chi connectivity index (χ3n) is 3.52. The van der Waals surface area contributed by atoms with Crippen molar-refractivity contribution in [1.82, 2.24) is 0 Å². The maximum atomic E-state index is 13.4. The van der Waals surface area contributed by atoms with Gasteiger partial charge in [-0.3, -0.25) is 9.13 Å². The van der Waals surface area contributed by atoms with Gasteiger partial charge in [0.1, 0.15) is 0 Å². The minimum Gasteiger partial charge on any atom is -0.308 e. The normalized spacial score (nSPS) is 13.6. The highest BCUT2D eigenvalue weighted by Gasteiger charge is 2.51. The maximum Gasteiger partial charge on any atom is 0.349 e. The van der Waals surface area contributed by atoms with Crippen LogP contribution in [-0.2, 0) is 27.2 Å². The first kappa shape index (κ1) is 25.0. The van der Waals surface area contributed by atoms with Crippen molar-refractivity contribution in [3.8, 4) is 0 Å². The lowest BCUT2D eigenvalue weighted by Crippen LogP contribution is -2.19. The minimum absolute atomic E-state index is 0.190. The molecule has 0 bridgehead atoms. The molecule has 0 rings (SSSR count). The third-order valence-corrected chi connectivity index (χ3v) is 9.70. The zero-order valence-electron chi connectivity index (χ0n) is 16.7. The van der Waals surface area contributed by atoms with Crippen molar-refractivity contribution >= 4 is 15.2 Å². The Morgan fingerprint density at radius 1 is 0.800 bits per heavy atom. The predicted molar refractivity (Wildman–Crippen MR) is 103 cm³/mol. The monoisotopic (exact) mass is 398 g/mol. The molecule has 0 amide bonds. The SMILES string of the molecule is CCCCC/C=C(\C)C(P(=O)(OCC)OCC)P(=O)(OCC)OCC. The summed E-state index contributed by atoms with van der Waals surface area (Å²) in [7, 11) is -7.41. The molecule has 25 heavy (non-hydrogen) atoms. The lowest BCUT2D eigenvalue weighted by atomic mass is 10.1. The molecule has 0 aromatic heterocycles. The van der Waals surface area contributed by atoms with Gasteiger partial charge in [-0.05, 0) is 47.5 Å². The fourth-order valence-electron chi connectivity index (χ4n) is 2.58. The molecule has 0 saturated carbocycles. The Bertz CT molecular complexity index is 428. The van der Waals surface area contributed by atoms with Crippen LogP contribution in [0.25, 0.3) is 0 Å². The van der Waals surface area contributed by atoms with E-state index in [0.29, 0.717) is 5.57 Å². The van der Waals surface area contributed by atoms with Crippen molar-refractivity contribution in [3.63, 3.8) is 0 Å². The third kappa shape index (κ3) is 8.07. The van der Waals surface area contributed by atoms with E-state index in [2.05, 4.69) is 6.92 Å². The molecule has 0 aromatic carbocycles. The number of allylic oxidation sites excluding steroid dienone is 2. The van der Waals surface area contributed by atoms with Crippen molar-refractivity contribution in [2.24, 2.45) is 0 Å². The molecule has 0 spiro atoms. The summed E-state index contributed by atoms with van der Waals surface area (Å²) in [5.41, 5.74) is 0.673. The van der Waals surface area contributed by atoms with Crippen LogP contribution >= 0.6 is 15.2 Å². The summed E-state index contributed by atoms with van der Waals surface area (Å²) in [4.78, 5) is 0. The fraction of sp³-hybridized carbons (Fsp3) is 0.882. The van der Waals surface area contributed by atoms with Crippen LogP contribution in [0.5, 0.6) is 0 Å². The molecule has 0 heterocycles. The van der Waals surface area contributed by atoms with Crippen molar-refractivity contribution < 1.29 is 27.2 Å². The second-order valence-electron chi connectivity index (χ2n) is 5.57. The van der Waals surface area contributed by atoms with Crippen LogP contribution in [0.4, 0.5) is 0 Å². The van der Waals surface area contributed by atoms with Gasteiger partial charge < -0.3 is 18.1 Å². The second kappa shape index (κ2) is 13.2. The lowest BCUT2D eigenvalue weighted by molar-refractivity contribution is 0.198. The van der Waals surface area contributed by atoms with Gasteiger partial charge in [0.05, 0.1) is 26.4 Å². The molecule has 150 valence electrons. The van der Waals surface area contributed by atoms with Crippen LogP contribution < -0.4 is 0 Å². The van der Waals surface area contributed by atoms with Crippen LogP contribution in [0.3, 0.4) is 0 Å². The van der Waals surface area contributed by atoms with Gasteiger partial charge in [0.2, 0.25) is 0 Å². The van der Waals surface area contributed by atoms with Gasteiger partial charge in [-0.25, -0.2) is 0 Å². The Labute approximate surface area is 153 Å². The Morgan fingerprint density at radius 2 is 1.20 bits per heavy atom. The number of unbranched alkanes of at least 4 members (excludes halogenated alkanes) is 3. The molecule has 0 aliphatic heterocycles. The number of hydrogen-bond acceptors (Lipinski definition) is 6. The summed E-state index contributed by atoms with van der Waals surface area (Å²) < 4.78 is 48.8. The van der Waals surface area contributed by atoms with Gasteiger partial charge in [0.25, 0.3) is 0 Å². The first-order valence-corrected chi connectivity index (χ1v) is 12.5. The number of rotatable bonds is 15. The summed E-state index contributed by atoms with van der Waals surface area (Å²) in [6, 6.07) is 0. The Morgan fingerprint density at radius 3 is 1.52 bits per heavy atom. The molecule has 0 aliphatic carbocycles. The van der Waals surface area contributed by atoms with E-state index in [0.717, 1.165) is 25.7 Å². The highest BCUT2D eigenvalue weighted by Crippen LogP contribution is 2.72. The van der Waals surface area contributed by atoms with Gasteiger partial charge in [-0.1, -0.05) is 31.4 Å². The number of hydrogen-bond donors (Lipinski definition) is 0. The Kier molecular flexibility index (Phi) is 13.3. The van der Waals surface area contributed by atoms with E-state index in [4.69, 9.17) is 18.1 Å². The first-order valence-electron chi connectivity index (χ1n) is 9.29. The van der Waals surface area contributed by atoms with Gasteiger partial charge >= 0.3 is 15.2 Å². The molecule has 0 atom stereocenters. The van der Waals surface area contributed by atoms with E-state index < -0.39 is 20.6 Å². The molecule has 6 nitrogen and oxygen atoms in total. The summed E-state index contributed by atoms with van der Waals surface area (Å²) in [6.07, 6.45) is 6.00. The average molecular weight is 398 g/mol. The molecular weight excluding hydrogens is 362 g/mol. The predicted octanol–water partition coefficient (Wildman–Crippen LogP) is 6.37. The molecular formula is C17H36O6P2. The first-order chi connectivity index (χ1) is 11.8. The van der Waals surface area contributed by atoms with E-state index in [1.165, 1.54) is 0 Å². The molecule has 8 heteroatoms. The molecule has 0 fully saturated rings. The summed E-state index contributed by atoms with van der Waals surface area (Å²) in [5, 5.41) is -1.04. The van der Waals surface area contributed by atoms with Crippen molar-refractivity contribution in [3.05, 3.63) is 11.6 Å². The van der Waals surface area contributed by atoms with Crippen LogP contribution in [0.2, 0.25) is 0 Å². The van der Waals surface area contributed by atoms with Gasteiger partial charge in [0.15, 0.2) is 5.40 Å². The van der Waals surface area contributed by atoms with Crippen LogP contribution in [-0.4, -0.2) is 31.8 Å². The Hall–Kier alpha value is 0.0400. The molecule has 0 radical (unpaired) electrons. The summed E-state index contributed by atoms with van der Waals surface area (Å²) in [5.74, 6) is 0.